The van der Waals surface area contributed by atoms with Crippen molar-refractivity contribution in [3.8, 4) is 34.3 Å². The first-order chi connectivity index (χ1) is 18.8. The van der Waals surface area contributed by atoms with Crippen molar-refractivity contribution in [1.82, 2.24) is 25.5 Å². The molecule has 4 aromatic rings. The standard InChI is InChI=1S/C27H31FN6O4S/c1-3-21(12-13-35)39(36,37)22-10-8-19(9-11-22)23-16-31-25(29)24(32-23)27-34-33-26(38-27)20-6-4-18(5-7-20)15-30-17(2)14-28/h4-11,16-17,21,30,35H,3,12-15H2,1-2H3,(H2,29,31). The van der Waals surface area contributed by atoms with Crippen molar-refractivity contribution in [1.29, 1.82) is 0 Å². The number of alkyl halides is 1. The lowest BCUT2D eigenvalue weighted by atomic mass is 10.1. The van der Waals surface area contributed by atoms with Gasteiger partial charge in [0.2, 0.25) is 5.89 Å². The van der Waals surface area contributed by atoms with E-state index in [2.05, 4.69) is 25.5 Å². The molecule has 0 aliphatic carbocycles. The Labute approximate surface area is 226 Å². The largest absolute Gasteiger partial charge is 0.414 e. The van der Waals surface area contributed by atoms with Crippen LogP contribution in [0.2, 0.25) is 0 Å². The summed E-state index contributed by atoms with van der Waals surface area (Å²) in [7, 11) is -3.57. The molecule has 0 bridgehead atoms. The maximum absolute atomic E-state index is 12.9. The molecule has 2 heterocycles. The summed E-state index contributed by atoms with van der Waals surface area (Å²) in [6.45, 7) is 3.47. The minimum atomic E-state index is -3.57. The van der Waals surface area contributed by atoms with E-state index in [0.717, 1.165) is 5.56 Å². The predicted octanol–water partition coefficient (Wildman–Crippen LogP) is 3.83. The number of halogens is 1. The van der Waals surface area contributed by atoms with E-state index in [1.54, 1.807) is 26.0 Å². The topological polar surface area (TPSA) is 157 Å². The van der Waals surface area contributed by atoms with Crippen LogP contribution in [0.3, 0.4) is 0 Å². The van der Waals surface area contributed by atoms with Crippen LogP contribution in [0.25, 0.3) is 34.3 Å². The zero-order valence-corrected chi connectivity index (χ0v) is 22.5. The van der Waals surface area contributed by atoms with Crippen LogP contribution in [-0.2, 0) is 16.4 Å². The van der Waals surface area contributed by atoms with Crippen molar-refractivity contribution >= 4 is 15.7 Å². The molecule has 0 amide bonds. The lowest BCUT2D eigenvalue weighted by molar-refractivity contribution is 0.284. The molecule has 2 aromatic heterocycles. The molecular weight excluding hydrogens is 523 g/mol. The van der Waals surface area contributed by atoms with Crippen molar-refractivity contribution in [2.75, 3.05) is 19.0 Å². The number of hydrogen-bond acceptors (Lipinski definition) is 10. The fourth-order valence-corrected chi connectivity index (χ4v) is 5.73. The third kappa shape index (κ3) is 6.47. The molecule has 10 nitrogen and oxygen atoms in total. The van der Waals surface area contributed by atoms with E-state index in [4.69, 9.17) is 10.2 Å². The van der Waals surface area contributed by atoms with Crippen molar-refractivity contribution in [3.63, 3.8) is 0 Å². The lowest BCUT2D eigenvalue weighted by Gasteiger charge is -2.15. The molecule has 0 saturated carbocycles. The maximum atomic E-state index is 12.9. The van der Waals surface area contributed by atoms with Gasteiger partial charge in [0, 0.05) is 30.3 Å². The average molecular weight is 555 g/mol. The Balaban J connectivity index is 1.54. The fourth-order valence-electron chi connectivity index (χ4n) is 3.97. The second kappa shape index (κ2) is 12.4. The summed E-state index contributed by atoms with van der Waals surface area (Å²) in [6, 6.07) is 13.6. The van der Waals surface area contributed by atoms with Gasteiger partial charge in [-0.3, -0.25) is 0 Å². The summed E-state index contributed by atoms with van der Waals surface area (Å²) in [5, 5.41) is 19.9. The average Bonchev–Trinajstić information content (AvgIpc) is 3.45. The van der Waals surface area contributed by atoms with Gasteiger partial charge in [0.25, 0.3) is 5.89 Å². The van der Waals surface area contributed by atoms with E-state index < -0.39 is 21.8 Å². The Morgan fingerprint density at radius 3 is 2.36 bits per heavy atom. The van der Waals surface area contributed by atoms with Crippen LogP contribution in [0.1, 0.15) is 32.3 Å². The molecule has 0 fully saturated rings. The molecular formula is C27H31FN6O4S. The molecule has 0 radical (unpaired) electrons. The highest BCUT2D eigenvalue weighted by Crippen LogP contribution is 2.29. The Bertz CT molecular complexity index is 1490. The second-order valence-corrected chi connectivity index (χ2v) is 11.4. The Hall–Kier alpha value is -3.74. The van der Waals surface area contributed by atoms with Gasteiger partial charge in [-0.25, -0.2) is 22.8 Å². The molecule has 4 rings (SSSR count). The van der Waals surface area contributed by atoms with Gasteiger partial charge in [0.15, 0.2) is 21.3 Å². The number of nitrogens with zero attached hydrogens (tertiary/aromatic N) is 4. The van der Waals surface area contributed by atoms with E-state index >= 15 is 0 Å². The normalized spacial score (nSPS) is 13.3. The van der Waals surface area contributed by atoms with Gasteiger partial charge >= 0.3 is 0 Å². The summed E-state index contributed by atoms with van der Waals surface area (Å²) >= 11 is 0. The maximum Gasteiger partial charge on any atom is 0.270 e. The van der Waals surface area contributed by atoms with Crippen LogP contribution in [0.4, 0.5) is 10.2 Å². The Kier molecular flexibility index (Phi) is 9.00. The number of nitrogens with two attached hydrogens (primary N) is 1. The Morgan fingerprint density at radius 2 is 1.72 bits per heavy atom. The molecule has 39 heavy (non-hydrogen) atoms. The SMILES string of the molecule is CCC(CCO)S(=O)(=O)c1ccc(-c2cnc(N)c(-c3nnc(-c4ccc(CNC(C)CF)cc4)o3)n2)cc1. The first kappa shape index (κ1) is 28.3. The van der Waals surface area contributed by atoms with E-state index in [1.807, 2.05) is 24.3 Å². The molecule has 0 aliphatic heterocycles. The van der Waals surface area contributed by atoms with Crippen molar-refractivity contribution < 1.29 is 22.3 Å². The number of hydrogen-bond donors (Lipinski definition) is 3. The number of aliphatic hydroxyl groups is 1. The van der Waals surface area contributed by atoms with Gasteiger partial charge in [0.1, 0.15) is 6.67 Å². The number of aliphatic hydroxyl groups excluding tert-OH is 1. The van der Waals surface area contributed by atoms with Crippen molar-refractivity contribution in [3.05, 3.63) is 60.3 Å². The summed E-state index contributed by atoms with van der Waals surface area (Å²) in [5.74, 6) is 0.468. The molecule has 12 heteroatoms. The van der Waals surface area contributed by atoms with Crippen molar-refractivity contribution in [2.24, 2.45) is 0 Å². The summed E-state index contributed by atoms with van der Waals surface area (Å²) in [6.07, 6.45) is 2.07. The molecule has 4 N–H and O–H groups in total. The molecule has 0 aliphatic rings. The highest BCUT2D eigenvalue weighted by atomic mass is 32.2. The molecule has 2 unspecified atom stereocenters. The number of nitrogen functional groups attached to an aromatic ring is 1. The van der Waals surface area contributed by atoms with Crippen LogP contribution in [0, 0.1) is 0 Å². The van der Waals surface area contributed by atoms with Crippen molar-refractivity contribution in [2.45, 2.75) is 49.4 Å². The molecule has 2 atom stereocenters. The lowest BCUT2D eigenvalue weighted by Crippen LogP contribution is -2.27. The van der Waals surface area contributed by atoms with Gasteiger partial charge in [-0.2, -0.15) is 0 Å². The van der Waals surface area contributed by atoms with Crippen LogP contribution in [0.5, 0.6) is 0 Å². The zero-order valence-electron chi connectivity index (χ0n) is 21.7. The highest BCUT2D eigenvalue weighted by molar-refractivity contribution is 7.92. The van der Waals surface area contributed by atoms with Crippen LogP contribution < -0.4 is 11.1 Å². The second-order valence-electron chi connectivity index (χ2n) is 9.15. The van der Waals surface area contributed by atoms with Crippen LogP contribution >= 0.6 is 0 Å². The predicted molar refractivity (Wildman–Crippen MR) is 146 cm³/mol. The molecule has 2 aromatic carbocycles. The third-order valence-electron chi connectivity index (χ3n) is 6.34. The minimum absolute atomic E-state index is 0.0911. The number of nitrogens with one attached hydrogen (secondary N) is 1. The quantitative estimate of drug-likeness (QED) is 0.235. The molecule has 206 valence electrons. The van der Waals surface area contributed by atoms with Gasteiger partial charge in [-0.05, 0) is 49.6 Å². The zero-order chi connectivity index (χ0) is 28.0. The number of aromatic nitrogens is 4. The van der Waals surface area contributed by atoms with E-state index in [-0.39, 0.29) is 47.3 Å². The number of sulfone groups is 1. The van der Waals surface area contributed by atoms with E-state index in [0.29, 0.717) is 29.8 Å². The number of anilines is 1. The summed E-state index contributed by atoms with van der Waals surface area (Å²) in [5.41, 5.74) is 9.03. The van der Waals surface area contributed by atoms with Gasteiger partial charge in [-0.1, -0.05) is 31.2 Å². The third-order valence-corrected chi connectivity index (χ3v) is 8.72. The van der Waals surface area contributed by atoms with Gasteiger partial charge in [-0.15, -0.1) is 10.2 Å². The first-order valence-electron chi connectivity index (χ1n) is 12.6. The monoisotopic (exact) mass is 554 g/mol. The smallest absolute Gasteiger partial charge is 0.270 e. The number of rotatable bonds is 12. The summed E-state index contributed by atoms with van der Waals surface area (Å²) in [4.78, 5) is 8.94. The Morgan fingerprint density at radius 1 is 1.05 bits per heavy atom. The van der Waals surface area contributed by atoms with E-state index in [1.165, 1.54) is 18.3 Å². The molecule has 0 spiro atoms. The van der Waals surface area contributed by atoms with Crippen LogP contribution in [-0.4, -0.2) is 58.3 Å². The van der Waals surface area contributed by atoms with Gasteiger partial charge < -0.3 is 20.6 Å². The molecule has 0 saturated heterocycles. The minimum Gasteiger partial charge on any atom is -0.414 e. The van der Waals surface area contributed by atoms with E-state index in [9.17, 15) is 17.9 Å². The summed E-state index contributed by atoms with van der Waals surface area (Å²) < 4.78 is 44.3. The van der Waals surface area contributed by atoms with Crippen LogP contribution in [0.15, 0.2) is 64.0 Å². The van der Waals surface area contributed by atoms with Gasteiger partial charge in [0.05, 0.1) is 22.0 Å². The fraction of sp³-hybridized carbons (Fsp3) is 0.333. The first-order valence-corrected chi connectivity index (χ1v) is 14.1. The number of benzene rings is 2. The highest BCUT2D eigenvalue weighted by Gasteiger charge is 2.25.